The van der Waals surface area contributed by atoms with Crippen LogP contribution in [0.15, 0.2) is 23.2 Å². The highest BCUT2D eigenvalue weighted by Gasteiger charge is 2.24. The lowest BCUT2D eigenvalue weighted by atomic mass is 10.0. The number of benzene rings is 1. The third-order valence-corrected chi connectivity index (χ3v) is 6.96. The summed E-state index contributed by atoms with van der Waals surface area (Å²) in [5.41, 5.74) is 1.18. The molecule has 2 heterocycles. The lowest BCUT2D eigenvalue weighted by Gasteiger charge is -2.34. The monoisotopic (exact) mass is 436 g/mol. The maximum Gasteiger partial charge on any atom is 0.191 e. The largest absolute Gasteiger partial charge is 0.493 e. The third kappa shape index (κ3) is 6.43. The Hall–Kier alpha value is -1.64. The Morgan fingerprint density at radius 2 is 2.03 bits per heavy atom. The van der Waals surface area contributed by atoms with E-state index in [9.17, 15) is 0 Å². The highest BCUT2D eigenvalue weighted by Crippen LogP contribution is 2.32. The molecule has 0 bridgehead atoms. The Morgan fingerprint density at radius 1 is 1.23 bits per heavy atom. The van der Waals surface area contributed by atoms with Gasteiger partial charge in [0.25, 0.3) is 0 Å². The number of thioether (sulfide) groups is 1. The van der Waals surface area contributed by atoms with Crippen molar-refractivity contribution < 1.29 is 14.2 Å². The molecule has 2 aliphatic rings. The lowest BCUT2D eigenvalue weighted by molar-refractivity contribution is 0.0179. The Balaban J connectivity index is 1.75. The second-order valence-corrected chi connectivity index (χ2v) is 8.92. The van der Waals surface area contributed by atoms with Gasteiger partial charge in [-0.3, -0.25) is 9.89 Å². The molecule has 8 heteroatoms. The van der Waals surface area contributed by atoms with Crippen LogP contribution < -0.4 is 20.1 Å². The van der Waals surface area contributed by atoms with Gasteiger partial charge in [-0.15, -0.1) is 0 Å². The summed E-state index contributed by atoms with van der Waals surface area (Å²) in [6.07, 6.45) is 2.61. The lowest BCUT2D eigenvalue weighted by Crippen LogP contribution is -2.42. The molecule has 2 saturated heterocycles. The number of guanidine groups is 1. The molecule has 0 saturated carbocycles. The minimum absolute atomic E-state index is 0.157. The number of hydrogen-bond donors (Lipinski definition) is 2. The molecule has 0 radical (unpaired) electrons. The predicted octanol–water partition coefficient (Wildman–Crippen LogP) is 2.53. The van der Waals surface area contributed by atoms with Gasteiger partial charge in [0, 0.05) is 31.4 Å². The number of aliphatic imine (C=N–C) groups is 1. The van der Waals surface area contributed by atoms with Crippen LogP contribution in [0.25, 0.3) is 0 Å². The predicted molar refractivity (Wildman–Crippen MR) is 124 cm³/mol. The summed E-state index contributed by atoms with van der Waals surface area (Å²) in [6.45, 7) is 7.90. The first-order valence-electron chi connectivity index (χ1n) is 10.9. The quantitative estimate of drug-likeness (QED) is 0.455. The van der Waals surface area contributed by atoms with E-state index >= 15 is 0 Å². The van der Waals surface area contributed by atoms with Crippen molar-refractivity contribution in [2.45, 2.75) is 31.1 Å². The number of nitrogens with zero attached hydrogens (tertiary/aromatic N) is 2. The van der Waals surface area contributed by atoms with Gasteiger partial charge < -0.3 is 24.8 Å². The second-order valence-electron chi connectivity index (χ2n) is 7.51. The molecule has 2 unspecified atom stereocenters. The van der Waals surface area contributed by atoms with E-state index < -0.39 is 0 Å². The van der Waals surface area contributed by atoms with E-state index in [0.717, 1.165) is 56.9 Å². The smallest absolute Gasteiger partial charge is 0.191 e. The van der Waals surface area contributed by atoms with Crippen LogP contribution in [0.5, 0.6) is 11.5 Å². The Labute approximate surface area is 184 Å². The zero-order valence-electron chi connectivity index (χ0n) is 18.5. The molecule has 0 spiro atoms. The van der Waals surface area contributed by atoms with Gasteiger partial charge in [0.15, 0.2) is 17.5 Å². The van der Waals surface area contributed by atoms with Crippen molar-refractivity contribution in [3.8, 4) is 11.5 Å². The van der Waals surface area contributed by atoms with Gasteiger partial charge in [-0.2, -0.15) is 11.8 Å². The maximum atomic E-state index is 5.58. The molecule has 0 aromatic heterocycles. The number of methoxy groups -OCH3 is 2. The van der Waals surface area contributed by atoms with Crippen LogP contribution in [0.3, 0.4) is 0 Å². The second kappa shape index (κ2) is 12.3. The molecule has 2 aliphatic heterocycles. The van der Waals surface area contributed by atoms with Crippen LogP contribution in [-0.2, 0) is 4.74 Å². The summed E-state index contributed by atoms with van der Waals surface area (Å²) in [7, 11) is 3.34. The zero-order valence-corrected chi connectivity index (χ0v) is 19.3. The summed E-state index contributed by atoms with van der Waals surface area (Å²) in [4.78, 5) is 7.40. The van der Waals surface area contributed by atoms with Crippen LogP contribution in [-0.4, -0.2) is 82.0 Å². The molecular weight excluding hydrogens is 400 g/mol. The third-order valence-electron chi connectivity index (χ3n) is 5.57. The Bertz CT molecular complexity index is 676. The molecule has 1 aromatic rings. The van der Waals surface area contributed by atoms with E-state index in [1.54, 1.807) is 14.2 Å². The van der Waals surface area contributed by atoms with E-state index in [-0.39, 0.29) is 6.04 Å². The van der Waals surface area contributed by atoms with Gasteiger partial charge in [-0.1, -0.05) is 6.07 Å². The summed E-state index contributed by atoms with van der Waals surface area (Å²) < 4.78 is 16.5. The molecule has 2 N–H and O–H groups in total. The topological polar surface area (TPSA) is 67.4 Å². The number of hydrogen-bond acceptors (Lipinski definition) is 6. The molecule has 0 aliphatic carbocycles. The van der Waals surface area contributed by atoms with Crippen molar-refractivity contribution in [1.82, 2.24) is 15.5 Å². The number of ether oxygens (including phenoxy) is 3. The minimum Gasteiger partial charge on any atom is -0.493 e. The van der Waals surface area contributed by atoms with E-state index in [4.69, 9.17) is 19.2 Å². The van der Waals surface area contributed by atoms with Gasteiger partial charge in [0.2, 0.25) is 0 Å². The number of nitrogens with one attached hydrogen (secondary N) is 2. The van der Waals surface area contributed by atoms with Crippen molar-refractivity contribution in [3.05, 3.63) is 23.8 Å². The fourth-order valence-electron chi connectivity index (χ4n) is 3.92. The average Bonchev–Trinajstić information content (AvgIpc) is 3.31. The van der Waals surface area contributed by atoms with E-state index in [2.05, 4.69) is 46.4 Å². The van der Waals surface area contributed by atoms with Crippen LogP contribution in [0.2, 0.25) is 0 Å². The molecule has 2 atom stereocenters. The molecular formula is C22H36N4O3S. The van der Waals surface area contributed by atoms with Gasteiger partial charge in [0.05, 0.1) is 40.0 Å². The van der Waals surface area contributed by atoms with Gasteiger partial charge in [0.1, 0.15) is 0 Å². The van der Waals surface area contributed by atoms with Crippen molar-refractivity contribution in [2.75, 3.05) is 65.9 Å². The minimum atomic E-state index is 0.157. The van der Waals surface area contributed by atoms with Gasteiger partial charge in [-0.25, -0.2) is 0 Å². The molecule has 30 heavy (non-hydrogen) atoms. The summed E-state index contributed by atoms with van der Waals surface area (Å²) in [5, 5.41) is 7.63. The van der Waals surface area contributed by atoms with Crippen LogP contribution in [0.1, 0.15) is 31.4 Å². The number of rotatable bonds is 9. The average molecular weight is 437 g/mol. The van der Waals surface area contributed by atoms with E-state index in [0.29, 0.717) is 11.8 Å². The van der Waals surface area contributed by atoms with Crippen molar-refractivity contribution >= 4 is 17.7 Å². The normalized spacial score (nSPS) is 21.3. The van der Waals surface area contributed by atoms with Crippen LogP contribution >= 0.6 is 11.8 Å². The van der Waals surface area contributed by atoms with Gasteiger partial charge >= 0.3 is 0 Å². The van der Waals surface area contributed by atoms with E-state index in [1.807, 2.05) is 6.07 Å². The molecule has 3 rings (SSSR count). The molecule has 168 valence electrons. The molecule has 7 nitrogen and oxygen atoms in total. The molecule has 2 fully saturated rings. The first-order chi connectivity index (χ1) is 14.7. The first-order valence-corrected chi connectivity index (χ1v) is 12.0. The molecule has 1 aromatic carbocycles. The fourth-order valence-corrected chi connectivity index (χ4v) is 5.12. The van der Waals surface area contributed by atoms with Crippen molar-refractivity contribution in [3.63, 3.8) is 0 Å². The maximum absolute atomic E-state index is 5.58. The SMILES string of the molecule is CCNC(=NCC(c1ccc(OC)c(OC)c1)N1CCOCC1)NCC1CCCS1. The Kier molecular flexibility index (Phi) is 9.42. The first kappa shape index (κ1) is 23.0. The van der Waals surface area contributed by atoms with Crippen molar-refractivity contribution in [1.29, 1.82) is 0 Å². The standard InChI is InChI=1S/C22H36N4O3S/c1-4-23-22(24-15-18-6-5-13-30-18)25-16-19(26-9-11-29-12-10-26)17-7-8-20(27-2)21(14-17)28-3/h7-8,14,18-19H,4-6,9-13,15-16H2,1-3H3,(H2,23,24,25). The van der Waals surface area contributed by atoms with E-state index in [1.165, 1.54) is 24.2 Å². The Morgan fingerprint density at radius 3 is 2.70 bits per heavy atom. The van der Waals surface area contributed by atoms with Gasteiger partial charge in [-0.05, 0) is 43.2 Å². The zero-order chi connectivity index (χ0) is 21.2. The highest BCUT2D eigenvalue weighted by atomic mass is 32.2. The summed E-state index contributed by atoms with van der Waals surface area (Å²) in [5.74, 6) is 3.66. The summed E-state index contributed by atoms with van der Waals surface area (Å²) in [6, 6.07) is 6.33. The highest BCUT2D eigenvalue weighted by molar-refractivity contribution is 8.00. The number of morpholine rings is 1. The molecule has 0 amide bonds. The fraction of sp³-hybridized carbons (Fsp3) is 0.682. The van der Waals surface area contributed by atoms with Crippen LogP contribution in [0.4, 0.5) is 0 Å². The van der Waals surface area contributed by atoms with Crippen molar-refractivity contribution in [2.24, 2.45) is 4.99 Å². The van der Waals surface area contributed by atoms with Crippen LogP contribution in [0, 0.1) is 0 Å². The summed E-state index contributed by atoms with van der Waals surface area (Å²) >= 11 is 2.06.